The van der Waals surface area contributed by atoms with Crippen molar-refractivity contribution in [1.29, 1.82) is 0 Å². The first-order valence-electron chi connectivity index (χ1n) is 6.92. The second-order valence-electron chi connectivity index (χ2n) is 5.39. The van der Waals surface area contributed by atoms with Crippen molar-refractivity contribution in [1.82, 2.24) is 5.32 Å². The third-order valence-corrected chi connectivity index (χ3v) is 3.80. The van der Waals surface area contributed by atoms with Crippen LogP contribution < -0.4 is 15.0 Å². The van der Waals surface area contributed by atoms with Gasteiger partial charge in [-0.2, -0.15) is 0 Å². The van der Waals surface area contributed by atoms with E-state index in [0.29, 0.717) is 13.0 Å². The maximum atomic E-state index is 12.0. The molecule has 1 saturated heterocycles. The van der Waals surface area contributed by atoms with Gasteiger partial charge in [-0.1, -0.05) is 0 Å². The molecular formula is C15H18N2O3. The Morgan fingerprint density at radius 2 is 2.00 bits per heavy atom. The summed E-state index contributed by atoms with van der Waals surface area (Å²) in [5.41, 5.74) is 0.846. The molecule has 2 amide bonds. The fourth-order valence-corrected chi connectivity index (χ4v) is 2.48. The smallest absolute Gasteiger partial charge is 0.229 e. The number of anilines is 1. The van der Waals surface area contributed by atoms with Crippen LogP contribution in [0.3, 0.4) is 0 Å². The van der Waals surface area contributed by atoms with Crippen LogP contribution in [0, 0.1) is 5.92 Å². The molecule has 5 nitrogen and oxygen atoms in total. The van der Waals surface area contributed by atoms with Crippen LogP contribution >= 0.6 is 0 Å². The van der Waals surface area contributed by atoms with Crippen molar-refractivity contribution in [2.45, 2.75) is 25.3 Å². The Morgan fingerprint density at radius 3 is 2.60 bits per heavy atom. The molecule has 2 fully saturated rings. The molecule has 1 aromatic rings. The fraction of sp³-hybridized carbons (Fsp3) is 0.467. The molecule has 1 N–H and O–H groups in total. The Morgan fingerprint density at radius 1 is 1.30 bits per heavy atom. The van der Waals surface area contributed by atoms with Crippen molar-refractivity contribution in [2.75, 3.05) is 18.6 Å². The monoisotopic (exact) mass is 274 g/mol. The number of ether oxygens (including phenoxy) is 1. The van der Waals surface area contributed by atoms with Crippen molar-refractivity contribution in [3.05, 3.63) is 24.3 Å². The number of carbonyl (C=O) groups excluding carboxylic acids is 2. The quantitative estimate of drug-likeness (QED) is 0.901. The van der Waals surface area contributed by atoms with Gasteiger partial charge in [-0.15, -0.1) is 0 Å². The number of amides is 2. The second kappa shape index (κ2) is 5.15. The van der Waals surface area contributed by atoms with E-state index in [-0.39, 0.29) is 23.8 Å². The maximum Gasteiger partial charge on any atom is 0.229 e. The Kier molecular flexibility index (Phi) is 3.34. The van der Waals surface area contributed by atoms with Crippen LogP contribution in [-0.4, -0.2) is 31.5 Å². The normalized spacial score (nSPS) is 21.9. The van der Waals surface area contributed by atoms with E-state index in [4.69, 9.17) is 4.74 Å². The van der Waals surface area contributed by atoms with Gasteiger partial charge in [0, 0.05) is 24.6 Å². The lowest BCUT2D eigenvalue weighted by Crippen LogP contribution is -2.37. The fourth-order valence-electron chi connectivity index (χ4n) is 2.48. The lowest BCUT2D eigenvalue weighted by Gasteiger charge is -2.17. The van der Waals surface area contributed by atoms with Gasteiger partial charge in [-0.05, 0) is 37.1 Å². The Hall–Kier alpha value is -2.04. The first-order valence-corrected chi connectivity index (χ1v) is 6.92. The molecule has 3 rings (SSSR count). The summed E-state index contributed by atoms with van der Waals surface area (Å²) in [5.74, 6) is 1.09. The number of rotatable bonds is 4. The van der Waals surface area contributed by atoms with E-state index in [9.17, 15) is 9.59 Å². The van der Waals surface area contributed by atoms with E-state index in [2.05, 4.69) is 5.32 Å². The third kappa shape index (κ3) is 2.61. The van der Waals surface area contributed by atoms with Crippen molar-refractivity contribution in [3.63, 3.8) is 0 Å². The van der Waals surface area contributed by atoms with Crippen molar-refractivity contribution in [3.8, 4) is 5.75 Å². The number of hydrogen-bond donors (Lipinski definition) is 1. The van der Waals surface area contributed by atoms with Crippen LogP contribution in [0.4, 0.5) is 5.69 Å². The number of benzene rings is 1. The van der Waals surface area contributed by atoms with E-state index in [1.54, 1.807) is 12.0 Å². The third-order valence-electron chi connectivity index (χ3n) is 3.80. The molecule has 20 heavy (non-hydrogen) atoms. The molecule has 0 aromatic heterocycles. The molecule has 1 aromatic carbocycles. The van der Waals surface area contributed by atoms with E-state index in [1.165, 1.54) is 0 Å². The lowest BCUT2D eigenvalue weighted by atomic mass is 10.2. The number of methoxy groups -OCH3 is 1. The van der Waals surface area contributed by atoms with Crippen LogP contribution in [0.25, 0.3) is 0 Å². The van der Waals surface area contributed by atoms with Gasteiger partial charge in [-0.25, -0.2) is 0 Å². The van der Waals surface area contributed by atoms with Crippen LogP contribution in [0.2, 0.25) is 0 Å². The molecule has 1 aliphatic heterocycles. The molecule has 5 heteroatoms. The summed E-state index contributed by atoms with van der Waals surface area (Å²) in [6, 6.07) is 7.32. The molecule has 1 heterocycles. The minimum absolute atomic E-state index is 0.0521. The minimum Gasteiger partial charge on any atom is -0.497 e. The summed E-state index contributed by atoms with van der Waals surface area (Å²) in [6.07, 6.45) is 2.34. The van der Waals surface area contributed by atoms with Crippen LogP contribution in [0.1, 0.15) is 19.3 Å². The number of nitrogens with one attached hydrogen (secondary N) is 1. The van der Waals surface area contributed by atoms with Gasteiger partial charge in [0.05, 0.1) is 13.2 Å². The molecular weight excluding hydrogens is 256 g/mol. The summed E-state index contributed by atoms with van der Waals surface area (Å²) in [4.78, 5) is 25.5. The van der Waals surface area contributed by atoms with Gasteiger partial charge in [0.15, 0.2) is 0 Å². The molecule has 1 aliphatic carbocycles. The topological polar surface area (TPSA) is 58.6 Å². The highest BCUT2D eigenvalue weighted by Gasteiger charge is 2.35. The summed E-state index contributed by atoms with van der Waals surface area (Å²) in [5, 5.41) is 2.97. The zero-order chi connectivity index (χ0) is 14.1. The zero-order valence-corrected chi connectivity index (χ0v) is 11.5. The van der Waals surface area contributed by atoms with Crippen molar-refractivity contribution < 1.29 is 14.3 Å². The second-order valence-corrected chi connectivity index (χ2v) is 5.39. The number of carbonyl (C=O) groups is 2. The maximum absolute atomic E-state index is 12.0. The number of nitrogens with zero attached hydrogens (tertiary/aromatic N) is 1. The average molecular weight is 274 g/mol. The van der Waals surface area contributed by atoms with E-state index in [1.807, 2.05) is 24.3 Å². The molecule has 0 bridgehead atoms. The van der Waals surface area contributed by atoms with Gasteiger partial charge in [0.2, 0.25) is 11.8 Å². The summed E-state index contributed by atoms with van der Waals surface area (Å²) < 4.78 is 5.11. The van der Waals surface area contributed by atoms with E-state index < -0.39 is 0 Å². The molecule has 0 spiro atoms. The first kappa shape index (κ1) is 13.0. The van der Waals surface area contributed by atoms with Gasteiger partial charge in [-0.3, -0.25) is 9.59 Å². The van der Waals surface area contributed by atoms with Gasteiger partial charge in [0.1, 0.15) is 5.75 Å². The summed E-state index contributed by atoms with van der Waals surface area (Å²) in [6.45, 7) is 0.545. The van der Waals surface area contributed by atoms with Gasteiger partial charge < -0.3 is 15.0 Å². The first-order chi connectivity index (χ1) is 9.67. The van der Waals surface area contributed by atoms with Crippen LogP contribution in [0.15, 0.2) is 24.3 Å². The molecule has 2 aliphatic rings. The average Bonchev–Trinajstić information content (AvgIpc) is 3.24. The summed E-state index contributed by atoms with van der Waals surface area (Å²) >= 11 is 0. The highest BCUT2D eigenvalue weighted by atomic mass is 16.5. The predicted molar refractivity (Wildman–Crippen MR) is 74.6 cm³/mol. The van der Waals surface area contributed by atoms with Gasteiger partial charge >= 0.3 is 0 Å². The standard InChI is InChI=1S/C15H18N2O3/c1-20-13-6-4-12(5-7-13)17-9-11(8-14(17)18)16-15(19)10-2-3-10/h4-7,10-11H,2-3,8-9H2,1H3,(H,16,19)/t11-/m0/s1. The minimum atomic E-state index is -0.0716. The van der Waals surface area contributed by atoms with E-state index >= 15 is 0 Å². The van der Waals surface area contributed by atoms with E-state index in [0.717, 1.165) is 24.3 Å². The van der Waals surface area contributed by atoms with Crippen LogP contribution in [0.5, 0.6) is 5.75 Å². The molecule has 0 unspecified atom stereocenters. The predicted octanol–water partition coefficient (Wildman–Crippen LogP) is 1.33. The molecule has 0 radical (unpaired) electrons. The van der Waals surface area contributed by atoms with Crippen molar-refractivity contribution >= 4 is 17.5 Å². The lowest BCUT2D eigenvalue weighted by molar-refractivity contribution is -0.122. The highest BCUT2D eigenvalue weighted by Crippen LogP contribution is 2.30. The Bertz CT molecular complexity index is 522. The largest absolute Gasteiger partial charge is 0.497 e. The summed E-state index contributed by atoms with van der Waals surface area (Å²) in [7, 11) is 1.61. The number of hydrogen-bond acceptors (Lipinski definition) is 3. The Labute approximate surface area is 117 Å². The molecule has 106 valence electrons. The Balaban J connectivity index is 1.64. The van der Waals surface area contributed by atoms with Crippen molar-refractivity contribution in [2.24, 2.45) is 5.92 Å². The van der Waals surface area contributed by atoms with Gasteiger partial charge in [0.25, 0.3) is 0 Å². The highest BCUT2D eigenvalue weighted by molar-refractivity contribution is 5.97. The molecule has 1 atom stereocenters. The zero-order valence-electron chi connectivity index (χ0n) is 11.5. The molecule has 1 saturated carbocycles. The van der Waals surface area contributed by atoms with Crippen LogP contribution in [-0.2, 0) is 9.59 Å². The SMILES string of the molecule is COc1ccc(N2C[C@@H](NC(=O)C3CC3)CC2=O)cc1.